The van der Waals surface area contributed by atoms with Crippen LogP contribution in [0.15, 0.2) is 12.1 Å². The second-order valence-corrected chi connectivity index (χ2v) is 5.25. The first-order chi connectivity index (χ1) is 9.15. The quantitative estimate of drug-likeness (QED) is 0.643. The minimum absolute atomic E-state index is 0.171. The lowest BCUT2D eigenvalue weighted by atomic mass is 10.1. The summed E-state index contributed by atoms with van der Waals surface area (Å²) in [5.41, 5.74) is 0.0929. The maximum Gasteiger partial charge on any atom is 0.412 e. The average molecular weight is 281 g/mol. The van der Waals surface area contributed by atoms with E-state index in [1.807, 2.05) is 0 Å². The van der Waals surface area contributed by atoms with Gasteiger partial charge in [0.05, 0.1) is 18.4 Å². The smallest absolute Gasteiger partial charge is 0.412 e. The van der Waals surface area contributed by atoms with Crippen molar-refractivity contribution in [2.45, 2.75) is 33.3 Å². The number of hydrogen-bond donors (Lipinski definition) is 2. The Labute approximate surface area is 117 Å². The number of carbonyl (C=O) groups is 2. The van der Waals surface area contributed by atoms with Crippen LogP contribution in [0.4, 0.5) is 10.5 Å². The highest BCUT2D eigenvalue weighted by Gasteiger charge is 2.19. The summed E-state index contributed by atoms with van der Waals surface area (Å²) in [4.78, 5) is 23.1. The third-order valence-corrected chi connectivity index (χ3v) is 2.47. The van der Waals surface area contributed by atoms with E-state index < -0.39 is 17.7 Å². The lowest BCUT2D eigenvalue weighted by Crippen LogP contribution is -2.27. The number of ether oxygens (including phenoxy) is 2. The highest BCUT2D eigenvalue weighted by Crippen LogP contribution is 2.30. The molecule has 0 heterocycles. The molecule has 1 amide bonds. The Bertz CT molecular complexity index is 531. The maximum atomic E-state index is 11.6. The number of esters is 1. The van der Waals surface area contributed by atoms with Gasteiger partial charge in [0.1, 0.15) is 11.4 Å². The van der Waals surface area contributed by atoms with E-state index in [2.05, 4.69) is 10.1 Å². The van der Waals surface area contributed by atoms with E-state index in [4.69, 9.17) is 4.74 Å². The van der Waals surface area contributed by atoms with Gasteiger partial charge in [-0.3, -0.25) is 5.32 Å². The summed E-state index contributed by atoms with van der Waals surface area (Å²) in [6.45, 7) is 6.76. The molecule has 0 unspecified atom stereocenters. The monoisotopic (exact) mass is 281 g/mol. The minimum atomic E-state index is -0.682. The normalized spacial score (nSPS) is 10.8. The average Bonchev–Trinajstić information content (AvgIpc) is 2.32. The Kier molecular flexibility index (Phi) is 4.60. The molecular formula is C14H19NO5. The predicted molar refractivity (Wildman–Crippen MR) is 74.0 cm³/mol. The molecule has 0 saturated carbocycles. The molecule has 0 atom stereocenters. The first-order valence-corrected chi connectivity index (χ1v) is 6.06. The van der Waals surface area contributed by atoms with Crippen molar-refractivity contribution in [3.05, 3.63) is 23.3 Å². The standard InChI is InChI=1S/C14H19NO5/c1-8-9(12(17)19-5)6-7-10(11(8)16)15-13(18)20-14(2,3)4/h6-7,16H,1-5H3,(H,15,18). The summed E-state index contributed by atoms with van der Waals surface area (Å²) in [7, 11) is 1.26. The van der Waals surface area contributed by atoms with Crippen molar-refractivity contribution in [3.8, 4) is 5.75 Å². The number of rotatable bonds is 2. The number of benzene rings is 1. The van der Waals surface area contributed by atoms with Crippen LogP contribution in [0.25, 0.3) is 0 Å². The van der Waals surface area contributed by atoms with Crippen molar-refractivity contribution in [2.75, 3.05) is 12.4 Å². The molecule has 20 heavy (non-hydrogen) atoms. The number of phenols is 1. The summed E-state index contributed by atoms with van der Waals surface area (Å²) < 4.78 is 9.68. The summed E-state index contributed by atoms with van der Waals surface area (Å²) in [6, 6.07) is 2.88. The molecule has 0 spiro atoms. The molecule has 0 aromatic heterocycles. The summed E-state index contributed by atoms with van der Waals surface area (Å²) in [5.74, 6) is -0.750. The first-order valence-electron chi connectivity index (χ1n) is 6.06. The molecule has 0 aliphatic heterocycles. The number of phenolic OH excluding ortho intramolecular Hbond substituents is 1. The lowest BCUT2D eigenvalue weighted by molar-refractivity contribution is 0.0598. The second-order valence-electron chi connectivity index (χ2n) is 5.25. The van der Waals surface area contributed by atoms with Gasteiger partial charge in [0.15, 0.2) is 0 Å². The van der Waals surface area contributed by atoms with Gasteiger partial charge >= 0.3 is 12.1 Å². The first kappa shape index (κ1) is 15.8. The van der Waals surface area contributed by atoms with E-state index in [1.54, 1.807) is 27.7 Å². The van der Waals surface area contributed by atoms with Crippen molar-refractivity contribution >= 4 is 17.7 Å². The second kappa shape index (κ2) is 5.81. The third kappa shape index (κ3) is 3.88. The Balaban J connectivity index is 2.97. The molecule has 0 fully saturated rings. The van der Waals surface area contributed by atoms with Crippen LogP contribution in [0.5, 0.6) is 5.75 Å². The van der Waals surface area contributed by atoms with Gasteiger partial charge in [-0.15, -0.1) is 0 Å². The number of nitrogens with one attached hydrogen (secondary N) is 1. The molecule has 110 valence electrons. The number of amides is 1. The van der Waals surface area contributed by atoms with Crippen molar-refractivity contribution in [2.24, 2.45) is 0 Å². The fourth-order valence-corrected chi connectivity index (χ4v) is 1.55. The molecule has 6 heteroatoms. The predicted octanol–water partition coefficient (Wildman–Crippen LogP) is 2.83. The summed E-state index contributed by atoms with van der Waals surface area (Å²) in [6.07, 6.45) is -0.682. The molecule has 0 saturated heterocycles. The van der Waals surface area contributed by atoms with E-state index in [0.29, 0.717) is 5.56 Å². The summed E-state index contributed by atoms with van der Waals surface area (Å²) in [5, 5.41) is 12.4. The van der Waals surface area contributed by atoms with E-state index in [0.717, 1.165) is 0 Å². The van der Waals surface area contributed by atoms with Crippen molar-refractivity contribution < 1.29 is 24.2 Å². The van der Waals surface area contributed by atoms with Crippen LogP contribution in [0.2, 0.25) is 0 Å². The van der Waals surface area contributed by atoms with E-state index in [1.165, 1.54) is 19.2 Å². The minimum Gasteiger partial charge on any atom is -0.505 e. The molecule has 0 radical (unpaired) electrons. The fraction of sp³-hybridized carbons (Fsp3) is 0.429. The highest BCUT2D eigenvalue weighted by atomic mass is 16.6. The number of aromatic hydroxyl groups is 1. The van der Waals surface area contributed by atoms with Crippen LogP contribution in [-0.2, 0) is 9.47 Å². The molecule has 1 aromatic carbocycles. The van der Waals surface area contributed by atoms with Crippen LogP contribution in [0, 0.1) is 6.92 Å². The number of carbonyl (C=O) groups excluding carboxylic acids is 2. The topological polar surface area (TPSA) is 84.9 Å². The Morgan fingerprint density at radius 2 is 1.85 bits per heavy atom. The Morgan fingerprint density at radius 1 is 1.25 bits per heavy atom. The molecule has 2 N–H and O–H groups in total. The van der Waals surface area contributed by atoms with Crippen LogP contribution in [-0.4, -0.2) is 29.9 Å². The molecule has 1 aromatic rings. The fourth-order valence-electron chi connectivity index (χ4n) is 1.55. The van der Waals surface area contributed by atoms with Crippen LogP contribution in [0.1, 0.15) is 36.7 Å². The van der Waals surface area contributed by atoms with Gasteiger partial charge in [-0.2, -0.15) is 0 Å². The van der Waals surface area contributed by atoms with Crippen molar-refractivity contribution in [1.82, 2.24) is 0 Å². The third-order valence-electron chi connectivity index (χ3n) is 2.47. The Morgan fingerprint density at radius 3 is 2.35 bits per heavy atom. The number of hydrogen-bond acceptors (Lipinski definition) is 5. The molecular weight excluding hydrogens is 262 g/mol. The van der Waals surface area contributed by atoms with Crippen LogP contribution >= 0.6 is 0 Å². The molecule has 0 aliphatic carbocycles. The van der Waals surface area contributed by atoms with Gasteiger partial charge < -0.3 is 14.6 Å². The van der Waals surface area contributed by atoms with Gasteiger partial charge in [0.25, 0.3) is 0 Å². The van der Waals surface area contributed by atoms with Crippen molar-refractivity contribution in [1.29, 1.82) is 0 Å². The summed E-state index contributed by atoms with van der Waals surface area (Å²) >= 11 is 0. The number of anilines is 1. The maximum absolute atomic E-state index is 11.6. The van der Waals surface area contributed by atoms with Gasteiger partial charge in [0.2, 0.25) is 0 Å². The number of methoxy groups -OCH3 is 1. The van der Waals surface area contributed by atoms with Gasteiger partial charge in [0, 0.05) is 5.56 Å². The van der Waals surface area contributed by atoms with E-state index in [9.17, 15) is 14.7 Å². The molecule has 0 aliphatic rings. The van der Waals surface area contributed by atoms with Gasteiger partial charge in [-0.25, -0.2) is 9.59 Å². The van der Waals surface area contributed by atoms with Gasteiger partial charge in [-0.05, 0) is 39.8 Å². The molecule has 6 nitrogen and oxygen atoms in total. The van der Waals surface area contributed by atoms with E-state index in [-0.39, 0.29) is 17.0 Å². The van der Waals surface area contributed by atoms with Crippen LogP contribution in [0.3, 0.4) is 0 Å². The zero-order valence-corrected chi connectivity index (χ0v) is 12.2. The zero-order chi connectivity index (χ0) is 15.5. The zero-order valence-electron chi connectivity index (χ0n) is 12.2. The highest BCUT2D eigenvalue weighted by molar-refractivity contribution is 5.94. The SMILES string of the molecule is COC(=O)c1ccc(NC(=O)OC(C)(C)C)c(O)c1C. The Hall–Kier alpha value is -2.24. The lowest BCUT2D eigenvalue weighted by Gasteiger charge is -2.20. The van der Waals surface area contributed by atoms with E-state index >= 15 is 0 Å². The molecule has 1 rings (SSSR count). The van der Waals surface area contributed by atoms with Gasteiger partial charge in [-0.1, -0.05) is 0 Å². The molecule has 0 bridgehead atoms. The van der Waals surface area contributed by atoms with Crippen molar-refractivity contribution in [3.63, 3.8) is 0 Å². The largest absolute Gasteiger partial charge is 0.505 e. The van der Waals surface area contributed by atoms with Crippen LogP contribution < -0.4 is 5.32 Å².